The first kappa shape index (κ1) is 32.2. The van der Waals surface area contributed by atoms with Gasteiger partial charge in [0.05, 0.1) is 17.4 Å². The summed E-state index contributed by atoms with van der Waals surface area (Å²) in [6.45, 7) is 2.74. The van der Waals surface area contributed by atoms with Crippen LogP contribution in [-0.4, -0.2) is 53.1 Å². The molecule has 0 aliphatic heterocycles. The van der Waals surface area contributed by atoms with Gasteiger partial charge in [-0.2, -0.15) is 26.3 Å². The number of carbonyl (C=O) groups excluding carboxylic acids is 1. The van der Waals surface area contributed by atoms with E-state index in [9.17, 15) is 43.9 Å². The normalized spacial score (nSPS) is 28.4. The van der Waals surface area contributed by atoms with Gasteiger partial charge in [0.15, 0.2) is 9.84 Å². The first-order valence-electron chi connectivity index (χ1n) is 13.9. The molecule has 240 valence electrons. The van der Waals surface area contributed by atoms with E-state index in [-0.39, 0.29) is 41.8 Å². The third kappa shape index (κ3) is 4.67. The fourth-order valence-corrected chi connectivity index (χ4v) is 10.2. The summed E-state index contributed by atoms with van der Waals surface area (Å²) in [5.74, 6) is -5.21. The Balaban J connectivity index is 1.65. The molecular weight excluding hydrogens is 622 g/mol. The van der Waals surface area contributed by atoms with Gasteiger partial charge in [-0.05, 0) is 91.7 Å². The minimum Gasteiger partial charge on any atom is -0.348 e. The highest BCUT2D eigenvalue weighted by Crippen LogP contribution is 2.64. The molecule has 3 aliphatic rings. The first-order chi connectivity index (χ1) is 20.4. The number of carbonyl (C=O) groups is 1. The zero-order chi connectivity index (χ0) is 32.5. The molecule has 2 aromatic rings. The number of halogens is 8. The van der Waals surface area contributed by atoms with E-state index >= 15 is 4.39 Å². The van der Waals surface area contributed by atoms with E-state index in [2.05, 4.69) is 15.3 Å². The SMILES string of the molecule is CC1C(C(F)(C(F)(F)F)C(F)(F)F)=CC=C2C1CC[C@H]1[C@H](C(C)NC(=O)c3cnc[nH]3)CC[C@@]21S(=O)(=O)c1ccc(F)cc1. The number of aromatic amines is 1. The number of benzene rings is 1. The van der Waals surface area contributed by atoms with Crippen LogP contribution in [0.15, 0.2) is 65.0 Å². The molecule has 2 saturated carbocycles. The molecule has 6 atom stereocenters. The van der Waals surface area contributed by atoms with E-state index < -0.39 is 79.6 Å². The lowest BCUT2D eigenvalue weighted by Gasteiger charge is -2.51. The van der Waals surface area contributed by atoms with Crippen LogP contribution in [0.4, 0.5) is 35.1 Å². The third-order valence-corrected chi connectivity index (χ3v) is 12.3. The maximum Gasteiger partial charge on any atom is 0.435 e. The molecule has 0 radical (unpaired) electrons. The molecular formula is C29H29F8N3O3S. The lowest BCUT2D eigenvalue weighted by Crippen LogP contribution is -2.58. The smallest absolute Gasteiger partial charge is 0.348 e. The number of hydrogen-bond acceptors (Lipinski definition) is 4. The maximum absolute atomic E-state index is 15.3. The number of sulfone groups is 1. The number of allylic oxidation sites excluding steroid dienone is 3. The Hall–Kier alpha value is -3.23. The van der Waals surface area contributed by atoms with Crippen LogP contribution >= 0.6 is 0 Å². The first-order valence-corrected chi connectivity index (χ1v) is 15.4. The van der Waals surface area contributed by atoms with Crippen LogP contribution in [0.5, 0.6) is 0 Å². The number of alkyl halides is 7. The van der Waals surface area contributed by atoms with Crippen molar-refractivity contribution in [2.45, 2.75) is 73.2 Å². The zero-order valence-corrected chi connectivity index (χ0v) is 24.3. The highest BCUT2D eigenvalue weighted by molar-refractivity contribution is 7.93. The fraction of sp³-hybridized carbons (Fsp3) is 0.517. The lowest BCUT2D eigenvalue weighted by molar-refractivity contribution is -0.328. The van der Waals surface area contributed by atoms with Gasteiger partial charge in [0.2, 0.25) is 0 Å². The van der Waals surface area contributed by atoms with Gasteiger partial charge in [-0.1, -0.05) is 19.1 Å². The Kier molecular flexibility index (Phi) is 7.82. The van der Waals surface area contributed by atoms with E-state index in [4.69, 9.17) is 0 Å². The van der Waals surface area contributed by atoms with E-state index in [0.717, 1.165) is 37.3 Å². The average Bonchev–Trinajstić information content (AvgIpc) is 3.61. The largest absolute Gasteiger partial charge is 0.435 e. The molecule has 2 N–H and O–H groups in total. The molecule has 0 spiro atoms. The third-order valence-electron chi connectivity index (χ3n) is 9.70. The number of aromatic nitrogens is 2. The van der Waals surface area contributed by atoms with Crippen LogP contribution in [-0.2, 0) is 9.84 Å². The summed E-state index contributed by atoms with van der Waals surface area (Å²) in [6, 6.07) is 3.41. The number of hydrogen-bond donors (Lipinski definition) is 2. The van der Waals surface area contributed by atoms with Gasteiger partial charge in [0.1, 0.15) is 16.3 Å². The van der Waals surface area contributed by atoms with Crippen LogP contribution in [0.1, 0.15) is 50.0 Å². The molecule has 0 bridgehead atoms. The summed E-state index contributed by atoms with van der Waals surface area (Å²) in [5.41, 5.74) is -6.91. The van der Waals surface area contributed by atoms with Crippen LogP contribution < -0.4 is 5.32 Å². The summed E-state index contributed by atoms with van der Waals surface area (Å²) in [6.07, 6.45) is -8.46. The van der Waals surface area contributed by atoms with Crippen LogP contribution in [0.3, 0.4) is 0 Å². The number of nitrogens with zero attached hydrogens (tertiary/aromatic N) is 1. The van der Waals surface area contributed by atoms with Gasteiger partial charge < -0.3 is 10.3 Å². The maximum atomic E-state index is 15.3. The molecule has 15 heteroatoms. The Labute approximate surface area is 247 Å². The summed E-state index contributed by atoms with van der Waals surface area (Å²) in [5, 5.41) is 2.83. The van der Waals surface area contributed by atoms with Gasteiger partial charge >= 0.3 is 18.0 Å². The standard InChI is InChI=1S/C29H29F8N3O3S/c1-15-19-7-8-23-20(16(2)40-25(41)24-13-38-14-39-24)11-12-26(23,44(42,43)18-5-3-17(30)4-6-18)22(19)10-9-21(15)27(31,28(32,33)34)29(35,36)37/h3-6,9-10,13-16,19-20,23H,7-8,11-12H2,1-2H3,(H,38,39)(H,40,41)/t15?,16?,19?,20-,23-,26+/m0/s1. The number of fused-ring (bicyclic) bond motifs is 3. The van der Waals surface area contributed by atoms with Crippen LogP contribution in [0.2, 0.25) is 0 Å². The van der Waals surface area contributed by atoms with Crippen molar-refractivity contribution in [1.29, 1.82) is 0 Å². The number of rotatable bonds is 6. The molecule has 1 aromatic carbocycles. The van der Waals surface area contributed by atoms with Gasteiger partial charge in [-0.15, -0.1) is 0 Å². The average molecular weight is 652 g/mol. The molecule has 1 heterocycles. The monoisotopic (exact) mass is 651 g/mol. The minimum absolute atomic E-state index is 0.0147. The second-order valence-electron chi connectivity index (χ2n) is 11.8. The second kappa shape index (κ2) is 10.7. The second-order valence-corrected chi connectivity index (χ2v) is 14.0. The quantitative estimate of drug-likeness (QED) is 0.270. The van der Waals surface area contributed by atoms with Gasteiger partial charge in [-0.3, -0.25) is 4.79 Å². The molecule has 44 heavy (non-hydrogen) atoms. The van der Waals surface area contributed by atoms with Gasteiger partial charge in [-0.25, -0.2) is 22.2 Å². The summed E-state index contributed by atoms with van der Waals surface area (Å²) in [7, 11) is -4.45. The molecule has 5 rings (SSSR count). The Morgan fingerprint density at radius 2 is 1.66 bits per heavy atom. The lowest BCUT2D eigenvalue weighted by atomic mass is 9.61. The molecule has 1 amide bonds. The Morgan fingerprint density at radius 1 is 1.02 bits per heavy atom. The van der Waals surface area contributed by atoms with Gasteiger partial charge in [0.25, 0.3) is 5.91 Å². The van der Waals surface area contributed by atoms with Crippen molar-refractivity contribution in [3.8, 4) is 0 Å². The van der Waals surface area contributed by atoms with Crippen molar-refractivity contribution in [2.24, 2.45) is 23.7 Å². The highest BCUT2D eigenvalue weighted by Gasteiger charge is 2.76. The van der Waals surface area contributed by atoms with E-state index in [1.165, 1.54) is 12.5 Å². The van der Waals surface area contributed by atoms with Crippen molar-refractivity contribution >= 4 is 15.7 Å². The van der Waals surface area contributed by atoms with Crippen molar-refractivity contribution in [3.63, 3.8) is 0 Å². The van der Waals surface area contributed by atoms with Crippen molar-refractivity contribution < 1.29 is 48.3 Å². The Morgan fingerprint density at radius 3 is 2.23 bits per heavy atom. The molecule has 3 unspecified atom stereocenters. The van der Waals surface area contributed by atoms with Crippen molar-refractivity contribution in [1.82, 2.24) is 15.3 Å². The van der Waals surface area contributed by atoms with E-state index in [1.807, 2.05) is 0 Å². The molecule has 6 nitrogen and oxygen atoms in total. The topological polar surface area (TPSA) is 91.9 Å². The number of imidazole rings is 1. The minimum atomic E-state index is -6.31. The van der Waals surface area contributed by atoms with Crippen LogP contribution in [0, 0.1) is 29.5 Å². The number of H-pyrrole nitrogens is 1. The fourth-order valence-electron chi connectivity index (χ4n) is 7.68. The van der Waals surface area contributed by atoms with E-state index in [0.29, 0.717) is 6.08 Å². The predicted molar refractivity (Wildman–Crippen MR) is 142 cm³/mol. The molecule has 3 aliphatic carbocycles. The summed E-state index contributed by atoms with van der Waals surface area (Å²) in [4.78, 5) is 19.0. The number of amides is 1. The zero-order valence-electron chi connectivity index (χ0n) is 23.4. The van der Waals surface area contributed by atoms with E-state index in [1.54, 1.807) is 6.92 Å². The molecule has 2 fully saturated rings. The summed E-state index contributed by atoms with van der Waals surface area (Å²) < 4.78 is 139. The van der Waals surface area contributed by atoms with Crippen molar-refractivity contribution in [2.75, 3.05) is 0 Å². The number of nitrogens with one attached hydrogen (secondary N) is 2. The Bertz CT molecular complexity index is 1570. The van der Waals surface area contributed by atoms with Crippen molar-refractivity contribution in [3.05, 3.63) is 71.6 Å². The van der Waals surface area contributed by atoms with Crippen LogP contribution in [0.25, 0.3) is 0 Å². The summed E-state index contributed by atoms with van der Waals surface area (Å²) >= 11 is 0. The highest BCUT2D eigenvalue weighted by atomic mass is 32.2. The van der Waals surface area contributed by atoms with Gasteiger partial charge in [0, 0.05) is 6.04 Å². The molecule has 1 aromatic heterocycles. The molecule has 0 saturated heterocycles. The predicted octanol–water partition coefficient (Wildman–Crippen LogP) is 6.65.